The predicted octanol–water partition coefficient (Wildman–Crippen LogP) is 4.85. The minimum absolute atomic E-state index is 0.112. The number of morpholine rings is 1. The molecule has 0 aliphatic carbocycles. The lowest BCUT2D eigenvalue weighted by molar-refractivity contribution is 0.0287. The number of nitrogens with zero attached hydrogens (tertiary/aromatic N) is 1. The molecule has 0 saturated carbocycles. The van der Waals surface area contributed by atoms with Crippen LogP contribution in [-0.2, 0) is 4.74 Å². The number of halogens is 2. The van der Waals surface area contributed by atoms with Crippen LogP contribution in [0.1, 0.15) is 15.9 Å². The molecule has 0 radical (unpaired) electrons. The molecule has 7 heteroatoms. The third-order valence-corrected chi connectivity index (χ3v) is 7.53. The quantitative estimate of drug-likeness (QED) is 0.623. The fraction of sp³-hybridized carbons (Fsp3) is 0.381. The number of Topliss-reactive ketones (excluding diaryl/α,β-unsaturated/α-hetero) is 1. The van der Waals surface area contributed by atoms with E-state index in [2.05, 4.69) is 20.8 Å². The van der Waals surface area contributed by atoms with Gasteiger partial charge in [-0.1, -0.05) is 27.5 Å². The van der Waals surface area contributed by atoms with Gasteiger partial charge in [-0.15, -0.1) is 11.8 Å². The summed E-state index contributed by atoms with van der Waals surface area (Å²) in [5.41, 5.74) is 1.69. The van der Waals surface area contributed by atoms with Gasteiger partial charge in [0.1, 0.15) is 17.1 Å². The van der Waals surface area contributed by atoms with Gasteiger partial charge in [0.05, 0.1) is 18.8 Å². The van der Waals surface area contributed by atoms with Gasteiger partial charge in [-0.25, -0.2) is 0 Å². The lowest BCUT2D eigenvalue weighted by Gasteiger charge is -2.40. The van der Waals surface area contributed by atoms with Crippen LogP contribution in [0, 0.1) is 6.92 Å². The molecular weight excluding hydrogens is 462 g/mol. The molecule has 2 aliphatic rings. The van der Waals surface area contributed by atoms with Crippen LogP contribution in [0.4, 0.5) is 0 Å². The highest BCUT2D eigenvalue weighted by Gasteiger charge is 2.46. The molecule has 0 aromatic heterocycles. The van der Waals surface area contributed by atoms with Gasteiger partial charge in [-0.3, -0.25) is 9.69 Å². The molecule has 0 bridgehead atoms. The summed E-state index contributed by atoms with van der Waals surface area (Å²) in [6, 6.07) is 11.5. The van der Waals surface area contributed by atoms with E-state index in [1.807, 2.05) is 43.3 Å². The maximum Gasteiger partial charge on any atom is 0.187 e. The summed E-state index contributed by atoms with van der Waals surface area (Å²) in [6.07, 6.45) is 0. The average molecular weight is 483 g/mol. The fourth-order valence-electron chi connectivity index (χ4n) is 3.53. The molecule has 148 valence electrons. The lowest BCUT2D eigenvalue weighted by atomic mass is 9.92. The third kappa shape index (κ3) is 4.12. The Labute approximate surface area is 182 Å². The van der Waals surface area contributed by atoms with Gasteiger partial charge < -0.3 is 9.47 Å². The number of ketones is 1. The largest absolute Gasteiger partial charge is 0.491 e. The molecule has 4 nitrogen and oxygen atoms in total. The first kappa shape index (κ1) is 20.2. The fourth-order valence-corrected chi connectivity index (χ4v) is 5.29. The van der Waals surface area contributed by atoms with Crippen molar-refractivity contribution in [2.45, 2.75) is 16.6 Å². The molecule has 2 aromatic carbocycles. The molecule has 2 aromatic rings. The van der Waals surface area contributed by atoms with Crippen LogP contribution in [-0.4, -0.2) is 54.9 Å². The summed E-state index contributed by atoms with van der Waals surface area (Å²) in [5.74, 6) is 0.779. The van der Waals surface area contributed by atoms with Gasteiger partial charge in [0, 0.05) is 34.0 Å². The maximum absolute atomic E-state index is 13.7. The molecule has 1 saturated heterocycles. The topological polar surface area (TPSA) is 38.8 Å². The van der Waals surface area contributed by atoms with Gasteiger partial charge in [0.15, 0.2) is 5.78 Å². The highest BCUT2D eigenvalue weighted by molar-refractivity contribution is 9.10. The van der Waals surface area contributed by atoms with E-state index in [4.69, 9.17) is 21.1 Å². The van der Waals surface area contributed by atoms with Crippen molar-refractivity contribution in [3.05, 3.63) is 57.0 Å². The number of ether oxygens (including phenoxy) is 2. The van der Waals surface area contributed by atoms with E-state index in [1.165, 1.54) is 0 Å². The molecular formula is C21H21BrClNO3S. The predicted molar refractivity (Wildman–Crippen MR) is 116 cm³/mol. The number of benzene rings is 2. The smallest absolute Gasteiger partial charge is 0.187 e. The van der Waals surface area contributed by atoms with E-state index in [9.17, 15) is 4.79 Å². The summed E-state index contributed by atoms with van der Waals surface area (Å²) in [7, 11) is 0. The summed E-state index contributed by atoms with van der Waals surface area (Å²) < 4.78 is 11.8. The first-order valence-corrected chi connectivity index (χ1v) is 11.2. The first-order chi connectivity index (χ1) is 13.5. The Bertz CT molecular complexity index is 886. The highest BCUT2D eigenvalue weighted by Crippen LogP contribution is 2.43. The minimum Gasteiger partial charge on any atom is -0.491 e. The number of hydrogen-bond acceptors (Lipinski definition) is 5. The number of carbonyl (C=O) groups excluding carboxylic acids is 1. The number of rotatable bonds is 4. The second kappa shape index (κ2) is 8.36. The summed E-state index contributed by atoms with van der Waals surface area (Å²) in [6.45, 7) is 5.98. The van der Waals surface area contributed by atoms with Crippen molar-refractivity contribution in [1.29, 1.82) is 0 Å². The van der Waals surface area contributed by atoms with Crippen LogP contribution in [0.5, 0.6) is 5.75 Å². The van der Waals surface area contributed by atoms with Crippen molar-refractivity contribution >= 4 is 45.1 Å². The van der Waals surface area contributed by atoms with Crippen molar-refractivity contribution in [2.75, 3.05) is 39.5 Å². The molecule has 1 atom stereocenters. The normalized spacial score (nSPS) is 22.6. The molecule has 0 unspecified atom stereocenters. The molecule has 1 fully saturated rings. The van der Waals surface area contributed by atoms with Crippen LogP contribution in [0.25, 0.3) is 0 Å². The summed E-state index contributed by atoms with van der Waals surface area (Å²) in [4.78, 5) is 17.0. The second-order valence-corrected chi connectivity index (χ2v) is 9.90. The lowest BCUT2D eigenvalue weighted by Crippen LogP contribution is -2.54. The van der Waals surface area contributed by atoms with Crippen molar-refractivity contribution in [3.8, 4) is 5.75 Å². The van der Waals surface area contributed by atoms with Gasteiger partial charge >= 0.3 is 0 Å². The second-order valence-electron chi connectivity index (χ2n) is 7.15. The van der Waals surface area contributed by atoms with E-state index < -0.39 is 4.75 Å². The zero-order chi connectivity index (χ0) is 19.7. The average Bonchev–Trinajstić information content (AvgIpc) is 2.69. The Morgan fingerprint density at radius 2 is 1.93 bits per heavy atom. The zero-order valence-electron chi connectivity index (χ0n) is 15.5. The van der Waals surface area contributed by atoms with Crippen LogP contribution in [0.15, 0.2) is 45.8 Å². The van der Waals surface area contributed by atoms with Crippen molar-refractivity contribution in [3.63, 3.8) is 0 Å². The Balaban J connectivity index is 1.70. The van der Waals surface area contributed by atoms with Crippen LogP contribution in [0.3, 0.4) is 0 Å². The van der Waals surface area contributed by atoms with E-state index in [0.717, 1.165) is 28.0 Å². The Kier molecular flexibility index (Phi) is 6.04. The number of aryl methyl sites for hydroxylation is 1. The van der Waals surface area contributed by atoms with Gasteiger partial charge in [-0.2, -0.15) is 0 Å². The number of thioether (sulfide) groups is 1. The highest BCUT2D eigenvalue weighted by atomic mass is 79.9. The monoisotopic (exact) mass is 481 g/mol. The molecule has 0 spiro atoms. The zero-order valence-corrected chi connectivity index (χ0v) is 18.7. The van der Waals surface area contributed by atoms with Crippen LogP contribution in [0.2, 0.25) is 5.02 Å². The van der Waals surface area contributed by atoms with Gasteiger partial charge in [0.2, 0.25) is 0 Å². The molecule has 28 heavy (non-hydrogen) atoms. The van der Waals surface area contributed by atoms with Crippen molar-refractivity contribution < 1.29 is 14.3 Å². The van der Waals surface area contributed by atoms with Crippen LogP contribution >= 0.6 is 39.3 Å². The number of carbonyl (C=O) groups is 1. The minimum atomic E-state index is -0.715. The number of fused-ring (bicyclic) bond motifs is 1. The van der Waals surface area contributed by atoms with Gasteiger partial charge in [-0.05, 0) is 48.9 Å². The summed E-state index contributed by atoms with van der Waals surface area (Å²) in [5, 5.41) is 0.683. The van der Waals surface area contributed by atoms with Crippen molar-refractivity contribution in [2.24, 2.45) is 0 Å². The maximum atomic E-state index is 13.7. The third-order valence-electron chi connectivity index (χ3n) is 5.09. The van der Waals surface area contributed by atoms with E-state index in [-0.39, 0.29) is 5.78 Å². The van der Waals surface area contributed by atoms with E-state index in [0.29, 0.717) is 42.7 Å². The van der Waals surface area contributed by atoms with E-state index >= 15 is 0 Å². The first-order valence-electron chi connectivity index (χ1n) is 9.19. The molecule has 4 rings (SSSR count). The van der Waals surface area contributed by atoms with Gasteiger partial charge in [0.25, 0.3) is 0 Å². The molecule has 2 aliphatic heterocycles. The Hall–Kier alpha value is -1.05. The Morgan fingerprint density at radius 1 is 1.21 bits per heavy atom. The van der Waals surface area contributed by atoms with Crippen molar-refractivity contribution in [1.82, 2.24) is 4.90 Å². The number of hydrogen-bond donors (Lipinski definition) is 0. The van der Waals surface area contributed by atoms with E-state index in [1.54, 1.807) is 11.8 Å². The SMILES string of the molecule is Cc1cc2c(cc1Br)C(=O)[C@@](CN1CCOCC1)(Sc1ccc(Cl)cc1)CO2. The van der Waals surface area contributed by atoms with Crippen LogP contribution < -0.4 is 4.74 Å². The Morgan fingerprint density at radius 3 is 2.64 bits per heavy atom. The molecule has 0 N–H and O–H groups in total. The summed E-state index contributed by atoms with van der Waals surface area (Å²) >= 11 is 11.2. The standard InChI is InChI=1S/C21H21BrClNO3S/c1-14-10-19-17(11-18(14)22)20(25)21(13-27-19,12-24-6-8-26-9-7-24)28-16-4-2-15(23)3-5-16/h2-5,10-11H,6-9,12-13H2,1H3/t21-/m0/s1. The molecule has 2 heterocycles. The molecule has 0 amide bonds.